The minimum absolute atomic E-state index is 0.389. The van der Waals surface area contributed by atoms with E-state index in [2.05, 4.69) is 15.0 Å². The van der Waals surface area contributed by atoms with Crippen LogP contribution in [0.3, 0.4) is 0 Å². The van der Waals surface area contributed by atoms with Crippen LogP contribution in [0, 0.1) is 0 Å². The van der Waals surface area contributed by atoms with Gasteiger partial charge in [0, 0.05) is 12.4 Å². The summed E-state index contributed by atoms with van der Waals surface area (Å²) in [5, 5.41) is 0.389. The first-order valence-electron chi connectivity index (χ1n) is 4.20. The van der Waals surface area contributed by atoms with Crippen LogP contribution in [0.5, 0.6) is 0 Å². The molecule has 14 heavy (non-hydrogen) atoms. The first-order valence-corrected chi connectivity index (χ1v) is 5.11. The van der Waals surface area contributed by atoms with Crippen LogP contribution >= 0.6 is 23.2 Å². The lowest BCUT2D eigenvalue weighted by Gasteiger charge is -2.00. The number of aromatic nitrogens is 4. The summed E-state index contributed by atoms with van der Waals surface area (Å²) in [5.41, 5.74) is 1.40. The lowest BCUT2D eigenvalue weighted by Crippen LogP contribution is -1.98. The fourth-order valence-corrected chi connectivity index (χ4v) is 1.54. The van der Waals surface area contributed by atoms with Crippen molar-refractivity contribution in [1.29, 1.82) is 0 Å². The molecule has 0 radical (unpaired) electrons. The molecule has 2 rings (SSSR count). The molecule has 74 valence electrons. The largest absolute Gasteiger partial charge is 0.315 e. The molecule has 0 aliphatic carbocycles. The maximum atomic E-state index is 5.85. The summed E-state index contributed by atoms with van der Waals surface area (Å²) in [7, 11) is 0. The number of hydrogen-bond acceptors (Lipinski definition) is 3. The Hall–Kier alpha value is -0.870. The van der Waals surface area contributed by atoms with Crippen LogP contribution in [0.1, 0.15) is 6.42 Å². The third-order valence-corrected chi connectivity index (χ3v) is 2.43. The Morgan fingerprint density at radius 2 is 2.14 bits per heavy atom. The lowest BCUT2D eigenvalue weighted by atomic mass is 10.4. The summed E-state index contributed by atoms with van der Waals surface area (Å²) in [5.74, 6) is 0.624. The van der Waals surface area contributed by atoms with Gasteiger partial charge in [0.05, 0.1) is 6.33 Å². The molecule has 0 aliphatic heterocycles. The van der Waals surface area contributed by atoms with Crippen LogP contribution in [0.15, 0.2) is 12.7 Å². The van der Waals surface area contributed by atoms with E-state index in [1.54, 1.807) is 6.33 Å². The zero-order chi connectivity index (χ0) is 9.97. The van der Waals surface area contributed by atoms with Gasteiger partial charge < -0.3 is 4.57 Å². The molecule has 0 saturated heterocycles. The number of nitrogens with zero attached hydrogens (tertiary/aromatic N) is 4. The number of alkyl halides is 1. The van der Waals surface area contributed by atoms with E-state index in [0.717, 1.165) is 18.6 Å². The monoisotopic (exact) mass is 230 g/mol. The minimum atomic E-state index is 0.389. The number of rotatable bonds is 3. The van der Waals surface area contributed by atoms with E-state index in [1.807, 2.05) is 4.57 Å². The van der Waals surface area contributed by atoms with E-state index in [9.17, 15) is 0 Å². The topological polar surface area (TPSA) is 43.6 Å². The fourth-order valence-electron chi connectivity index (χ4n) is 1.25. The molecule has 0 saturated carbocycles. The molecule has 2 heterocycles. The second-order valence-corrected chi connectivity index (χ2v) is 3.55. The molecule has 0 bridgehead atoms. The Kier molecular flexibility index (Phi) is 2.84. The summed E-state index contributed by atoms with van der Waals surface area (Å²) in [6.07, 6.45) is 4.02. The Bertz CT molecular complexity index is 440. The van der Waals surface area contributed by atoms with Crippen molar-refractivity contribution in [2.24, 2.45) is 0 Å². The molecule has 4 nitrogen and oxygen atoms in total. The van der Waals surface area contributed by atoms with Crippen LogP contribution in [0.2, 0.25) is 5.15 Å². The molecule has 2 aromatic rings. The molecule has 0 fully saturated rings. The van der Waals surface area contributed by atoms with Gasteiger partial charge in [-0.15, -0.1) is 11.6 Å². The van der Waals surface area contributed by atoms with Crippen molar-refractivity contribution in [3.8, 4) is 0 Å². The Morgan fingerprint density at radius 3 is 2.93 bits per heavy atom. The highest BCUT2D eigenvalue weighted by molar-refractivity contribution is 6.33. The predicted molar refractivity (Wildman–Crippen MR) is 55.7 cm³/mol. The highest BCUT2D eigenvalue weighted by Crippen LogP contribution is 2.16. The van der Waals surface area contributed by atoms with E-state index in [4.69, 9.17) is 23.2 Å². The smallest absolute Gasteiger partial charge is 0.164 e. The highest BCUT2D eigenvalue weighted by atomic mass is 35.5. The molecule has 0 N–H and O–H groups in total. The first kappa shape index (κ1) is 9.68. The molecule has 6 heteroatoms. The van der Waals surface area contributed by atoms with Crippen molar-refractivity contribution in [3.63, 3.8) is 0 Å². The van der Waals surface area contributed by atoms with Crippen molar-refractivity contribution >= 4 is 34.4 Å². The quantitative estimate of drug-likeness (QED) is 0.600. The van der Waals surface area contributed by atoms with Gasteiger partial charge in [-0.05, 0) is 6.42 Å². The number of hydrogen-bond donors (Lipinski definition) is 0. The van der Waals surface area contributed by atoms with Crippen molar-refractivity contribution in [3.05, 3.63) is 17.8 Å². The summed E-state index contributed by atoms with van der Waals surface area (Å²) in [6, 6.07) is 0. The lowest BCUT2D eigenvalue weighted by molar-refractivity contribution is 0.694. The fraction of sp³-hybridized carbons (Fsp3) is 0.375. The number of imidazole rings is 1. The molecule has 0 spiro atoms. The van der Waals surface area contributed by atoms with Crippen LogP contribution < -0.4 is 0 Å². The molecule has 0 amide bonds. The Balaban J connectivity index is 2.42. The summed E-state index contributed by atoms with van der Waals surface area (Å²) in [6.45, 7) is 0.799. The Labute approximate surface area is 90.9 Å². The van der Waals surface area contributed by atoms with E-state index >= 15 is 0 Å². The molecule has 2 aromatic heterocycles. The van der Waals surface area contributed by atoms with Crippen molar-refractivity contribution in [1.82, 2.24) is 19.5 Å². The van der Waals surface area contributed by atoms with E-state index in [0.29, 0.717) is 16.5 Å². The third kappa shape index (κ3) is 1.67. The Morgan fingerprint density at radius 1 is 1.29 bits per heavy atom. The average molecular weight is 231 g/mol. The maximum absolute atomic E-state index is 5.85. The maximum Gasteiger partial charge on any atom is 0.164 e. The van der Waals surface area contributed by atoms with Crippen molar-refractivity contribution in [2.45, 2.75) is 13.0 Å². The second kappa shape index (κ2) is 4.11. The molecule has 0 atom stereocenters. The SMILES string of the molecule is ClCCCn1cnc2c(Cl)ncnc21. The van der Waals surface area contributed by atoms with Crippen molar-refractivity contribution < 1.29 is 0 Å². The summed E-state index contributed by atoms with van der Waals surface area (Å²) >= 11 is 11.5. The number of halogens is 2. The standard InChI is InChI=1S/C8H8Cl2N4/c9-2-1-3-14-5-13-6-7(10)11-4-12-8(6)14/h4-5H,1-3H2. The van der Waals surface area contributed by atoms with Crippen LogP contribution in [-0.4, -0.2) is 25.4 Å². The normalized spacial score (nSPS) is 11.0. The molecule has 0 unspecified atom stereocenters. The third-order valence-electron chi connectivity index (χ3n) is 1.89. The summed E-state index contributed by atoms with van der Waals surface area (Å²) < 4.78 is 1.92. The van der Waals surface area contributed by atoms with Gasteiger partial charge in [-0.3, -0.25) is 0 Å². The summed E-state index contributed by atoms with van der Waals surface area (Å²) in [4.78, 5) is 12.1. The van der Waals surface area contributed by atoms with Crippen LogP contribution in [0.4, 0.5) is 0 Å². The zero-order valence-electron chi connectivity index (χ0n) is 7.32. The van der Waals surface area contributed by atoms with Gasteiger partial charge in [0.2, 0.25) is 0 Å². The average Bonchev–Trinajstić information content (AvgIpc) is 2.60. The molecule has 0 aromatic carbocycles. The number of aryl methyl sites for hydroxylation is 1. The predicted octanol–water partition coefficient (Wildman–Crippen LogP) is 2.11. The van der Waals surface area contributed by atoms with E-state index < -0.39 is 0 Å². The van der Waals surface area contributed by atoms with Gasteiger partial charge in [0.25, 0.3) is 0 Å². The first-order chi connectivity index (χ1) is 6.83. The number of fused-ring (bicyclic) bond motifs is 1. The van der Waals surface area contributed by atoms with Gasteiger partial charge in [-0.1, -0.05) is 11.6 Å². The minimum Gasteiger partial charge on any atom is -0.315 e. The van der Waals surface area contributed by atoms with Crippen LogP contribution in [0.25, 0.3) is 11.2 Å². The van der Waals surface area contributed by atoms with Gasteiger partial charge in [-0.25, -0.2) is 15.0 Å². The second-order valence-electron chi connectivity index (χ2n) is 2.82. The highest BCUT2D eigenvalue weighted by Gasteiger charge is 2.07. The van der Waals surface area contributed by atoms with Crippen molar-refractivity contribution in [2.75, 3.05) is 5.88 Å². The van der Waals surface area contributed by atoms with Gasteiger partial charge in [0.15, 0.2) is 10.8 Å². The zero-order valence-corrected chi connectivity index (χ0v) is 8.83. The molecular weight excluding hydrogens is 223 g/mol. The van der Waals surface area contributed by atoms with Gasteiger partial charge in [0.1, 0.15) is 11.8 Å². The van der Waals surface area contributed by atoms with Gasteiger partial charge >= 0.3 is 0 Å². The molecule has 0 aliphatic rings. The van der Waals surface area contributed by atoms with Crippen LogP contribution in [-0.2, 0) is 6.54 Å². The van der Waals surface area contributed by atoms with Gasteiger partial charge in [-0.2, -0.15) is 0 Å². The molecular formula is C8H8Cl2N4. The van der Waals surface area contributed by atoms with E-state index in [-0.39, 0.29) is 0 Å². The van der Waals surface area contributed by atoms with E-state index in [1.165, 1.54) is 6.33 Å².